The van der Waals surface area contributed by atoms with Crippen LogP contribution in [0.3, 0.4) is 0 Å². The highest BCUT2D eigenvalue weighted by Crippen LogP contribution is 2.68. The van der Waals surface area contributed by atoms with E-state index in [4.69, 9.17) is 10.5 Å². The molecule has 4 fully saturated rings. The number of carbonyl (C=O) groups excluding carboxylic acids is 3. The molecule has 41 heavy (non-hydrogen) atoms. The number of thioether (sulfide) groups is 1. The largest absolute Gasteiger partial charge is 0.461 e. The van der Waals surface area contributed by atoms with E-state index < -0.39 is 41.2 Å². The Morgan fingerprint density at radius 3 is 2.54 bits per heavy atom. The second-order valence-electron chi connectivity index (χ2n) is 14.3. The number of carbonyl (C=O) groups is 3. The summed E-state index contributed by atoms with van der Waals surface area (Å²) in [6.45, 7) is 17.0. The van der Waals surface area contributed by atoms with Gasteiger partial charge in [0.2, 0.25) is 5.91 Å². The number of Topliss-reactive ketones (excluding diaryl/α,β-unsaturated/α-hetero) is 1. The number of nitrogens with two attached hydrogens (primary N) is 1. The van der Waals surface area contributed by atoms with Gasteiger partial charge in [-0.2, -0.15) is 0 Å². The maximum absolute atomic E-state index is 13.6. The van der Waals surface area contributed by atoms with Crippen LogP contribution in [0.2, 0.25) is 0 Å². The number of amides is 1. The van der Waals surface area contributed by atoms with E-state index >= 15 is 0 Å². The van der Waals surface area contributed by atoms with Crippen molar-refractivity contribution in [1.29, 1.82) is 0 Å². The third kappa shape index (κ3) is 5.53. The molecule has 232 valence electrons. The van der Waals surface area contributed by atoms with Crippen LogP contribution in [0.25, 0.3) is 0 Å². The summed E-state index contributed by atoms with van der Waals surface area (Å²) in [4.78, 5) is 41.6. The first-order valence-electron chi connectivity index (χ1n) is 15.5. The van der Waals surface area contributed by atoms with Gasteiger partial charge in [0.25, 0.3) is 0 Å². The Morgan fingerprint density at radius 2 is 1.90 bits per heavy atom. The molecular formula is C32H52N2O6S. The molecule has 4 N–H and O–H groups in total. The SMILES string of the molecule is C=C[C@]1(C)C[C@@H](OC(=O)CSC2CN(C(=O)C(N)C(C)C)CCC2O)[C@]2(C)C(C)CCC3(CCC(=O)C32)[C@@H](C)C1O. The van der Waals surface area contributed by atoms with E-state index in [-0.39, 0.29) is 51.8 Å². The van der Waals surface area contributed by atoms with Gasteiger partial charge in [-0.25, -0.2) is 0 Å². The van der Waals surface area contributed by atoms with Gasteiger partial charge in [0, 0.05) is 41.5 Å². The van der Waals surface area contributed by atoms with Gasteiger partial charge in [0.05, 0.1) is 24.0 Å². The van der Waals surface area contributed by atoms with Gasteiger partial charge in [0.1, 0.15) is 11.9 Å². The second-order valence-corrected chi connectivity index (χ2v) is 15.6. The van der Waals surface area contributed by atoms with E-state index in [1.165, 1.54) is 11.8 Å². The number of esters is 1. The lowest BCUT2D eigenvalue weighted by molar-refractivity contribution is -0.205. The molecule has 4 rings (SSSR count). The molecule has 0 aromatic rings. The quantitative estimate of drug-likeness (QED) is 0.302. The van der Waals surface area contributed by atoms with Crippen molar-refractivity contribution in [3.05, 3.63) is 12.7 Å². The van der Waals surface area contributed by atoms with Crippen molar-refractivity contribution < 1.29 is 29.3 Å². The van der Waals surface area contributed by atoms with Crippen molar-refractivity contribution in [2.75, 3.05) is 18.8 Å². The van der Waals surface area contributed by atoms with Crippen LogP contribution in [-0.4, -0.2) is 81.2 Å². The molecule has 9 heteroatoms. The first-order chi connectivity index (χ1) is 19.1. The number of hydrogen-bond donors (Lipinski definition) is 3. The van der Waals surface area contributed by atoms with Crippen molar-refractivity contribution in [2.45, 2.75) is 110 Å². The number of likely N-dealkylation sites (tertiary alicyclic amines) is 1. The van der Waals surface area contributed by atoms with E-state index in [0.717, 1.165) is 19.3 Å². The minimum Gasteiger partial charge on any atom is -0.461 e. The Hall–Kier alpha value is -1.42. The second kappa shape index (κ2) is 11.9. The zero-order valence-corrected chi connectivity index (χ0v) is 26.6. The average Bonchev–Trinajstić information content (AvgIpc) is 3.30. The molecule has 3 saturated carbocycles. The van der Waals surface area contributed by atoms with Crippen LogP contribution in [0.5, 0.6) is 0 Å². The number of nitrogens with zero attached hydrogens (tertiary/aromatic N) is 1. The highest BCUT2D eigenvalue weighted by Gasteiger charge is 2.68. The normalized spacial score (nSPS) is 43.6. The summed E-state index contributed by atoms with van der Waals surface area (Å²) < 4.78 is 6.34. The first-order valence-corrected chi connectivity index (χ1v) is 16.5. The molecule has 11 atom stereocenters. The van der Waals surface area contributed by atoms with Gasteiger partial charge in [-0.05, 0) is 55.3 Å². The lowest BCUT2D eigenvalue weighted by atomic mass is 9.44. The molecule has 0 radical (unpaired) electrons. The average molecular weight is 593 g/mol. The zero-order chi connectivity index (χ0) is 30.5. The minimum absolute atomic E-state index is 0.0102. The van der Waals surface area contributed by atoms with E-state index in [0.29, 0.717) is 32.4 Å². The molecule has 7 unspecified atom stereocenters. The van der Waals surface area contributed by atoms with E-state index in [1.807, 2.05) is 20.8 Å². The molecule has 0 aromatic carbocycles. The highest BCUT2D eigenvalue weighted by atomic mass is 32.2. The lowest BCUT2D eigenvalue weighted by Gasteiger charge is -2.61. The van der Waals surface area contributed by atoms with Gasteiger partial charge >= 0.3 is 5.97 Å². The molecule has 3 aliphatic carbocycles. The number of ether oxygens (including phenoxy) is 1. The maximum Gasteiger partial charge on any atom is 0.316 e. The fourth-order valence-corrected chi connectivity index (χ4v) is 9.70. The number of aliphatic hydroxyl groups is 2. The number of aliphatic hydroxyl groups excluding tert-OH is 2. The maximum atomic E-state index is 13.6. The highest BCUT2D eigenvalue weighted by molar-refractivity contribution is 8.00. The Bertz CT molecular complexity index is 1040. The Labute approximate surface area is 250 Å². The van der Waals surface area contributed by atoms with E-state index in [2.05, 4.69) is 27.4 Å². The van der Waals surface area contributed by atoms with Crippen molar-refractivity contribution in [1.82, 2.24) is 4.90 Å². The van der Waals surface area contributed by atoms with Crippen molar-refractivity contribution in [2.24, 2.45) is 45.7 Å². The molecule has 2 bridgehead atoms. The molecule has 0 aromatic heterocycles. The van der Waals surface area contributed by atoms with Gasteiger partial charge < -0.3 is 25.6 Å². The molecule has 4 aliphatic rings. The van der Waals surface area contributed by atoms with Crippen molar-refractivity contribution in [3.63, 3.8) is 0 Å². The summed E-state index contributed by atoms with van der Waals surface area (Å²) in [6, 6.07) is -0.596. The Kier molecular flexibility index (Phi) is 9.45. The van der Waals surface area contributed by atoms with Crippen molar-refractivity contribution in [3.8, 4) is 0 Å². The third-order valence-electron chi connectivity index (χ3n) is 11.8. The number of ketones is 1. The molecule has 1 heterocycles. The van der Waals surface area contributed by atoms with Gasteiger partial charge in [-0.1, -0.05) is 47.6 Å². The predicted molar refractivity (Wildman–Crippen MR) is 161 cm³/mol. The van der Waals surface area contributed by atoms with Crippen LogP contribution in [0.4, 0.5) is 0 Å². The molecule has 8 nitrogen and oxygen atoms in total. The van der Waals surface area contributed by atoms with Gasteiger partial charge in [-0.15, -0.1) is 18.3 Å². The fraction of sp³-hybridized carbons (Fsp3) is 0.844. The topological polar surface area (TPSA) is 130 Å². The minimum atomic E-state index is -0.708. The Morgan fingerprint density at radius 1 is 1.22 bits per heavy atom. The molecule has 1 saturated heterocycles. The van der Waals surface area contributed by atoms with Crippen LogP contribution < -0.4 is 5.73 Å². The van der Waals surface area contributed by atoms with Crippen LogP contribution >= 0.6 is 11.8 Å². The summed E-state index contributed by atoms with van der Waals surface area (Å²) in [7, 11) is 0. The standard InChI is InChI=1S/C32H52N2O6S/c1-8-30(6)15-24(31(7)19(4)9-12-32(20(5)28(30)38)13-10-22(36)27(31)32)40-25(37)17-41-23-16-34(14-11-21(23)35)29(39)26(33)18(2)3/h8,18-21,23-24,26-28,35,38H,1,9-17,33H2,2-7H3/t19?,20-,21?,23?,24+,26?,27?,28?,30+,31-,32?/m0/s1. The van der Waals surface area contributed by atoms with E-state index in [1.54, 1.807) is 11.0 Å². The monoisotopic (exact) mass is 592 g/mol. The van der Waals surface area contributed by atoms with Crippen LogP contribution in [0, 0.1) is 39.9 Å². The molecule has 0 spiro atoms. The third-order valence-corrected chi connectivity index (χ3v) is 13.1. The van der Waals surface area contributed by atoms with Gasteiger partial charge in [0.15, 0.2) is 0 Å². The summed E-state index contributed by atoms with van der Waals surface area (Å²) in [6.07, 6.45) is 3.77. The van der Waals surface area contributed by atoms with Crippen molar-refractivity contribution >= 4 is 29.4 Å². The van der Waals surface area contributed by atoms with Crippen LogP contribution in [0.1, 0.15) is 80.1 Å². The fourth-order valence-electron chi connectivity index (χ4n) is 8.63. The molecule has 1 aliphatic heterocycles. The summed E-state index contributed by atoms with van der Waals surface area (Å²) in [5.74, 6) is -0.462. The van der Waals surface area contributed by atoms with Crippen LogP contribution in [-0.2, 0) is 19.1 Å². The molecule has 1 amide bonds. The Balaban J connectivity index is 1.54. The zero-order valence-electron chi connectivity index (χ0n) is 25.8. The number of piperidine rings is 1. The van der Waals surface area contributed by atoms with Gasteiger partial charge in [-0.3, -0.25) is 14.4 Å². The van der Waals surface area contributed by atoms with Crippen LogP contribution in [0.15, 0.2) is 12.7 Å². The summed E-state index contributed by atoms with van der Waals surface area (Å²) >= 11 is 1.31. The first kappa shape index (κ1) is 32.5. The number of rotatable bonds is 7. The smallest absolute Gasteiger partial charge is 0.316 e. The predicted octanol–water partition coefficient (Wildman–Crippen LogP) is 3.57. The summed E-state index contributed by atoms with van der Waals surface area (Å²) in [5.41, 5.74) is 4.53. The number of hydrogen-bond acceptors (Lipinski definition) is 8. The summed E-state index contributed by atoms with van der Waals surface area (Å²) in [5, 5.41) is 22.0. The molecular weight excluding hydrogens is 540 g/mol. The lowest BCUT2D eigenvalue weighted by Crippen LogP contribution is -2.63. The van der Waals surface area contributed by atoms with E-state index in [9.17, 15) is 24.6 Å².